The van der Waals surface area contributed by atoms with Gasteiger partial charge in [0.25, 0.3) is 0 Å². The zero-order valence-corrected chi connectivity index (χ0v) is 16.3. The van der Waals surface area contributed by atoms with Crippen LogP contribution in [0.25, 0.3) is 0 Å². The first-order valence-electron chi connectivity index (χ1n) is 9.46. The van der Waals surface area contributed by atoms with Crippen LogP contribution in [0.15, 0.2) is 48.0 Å². The number of benzene rings is 1. The van der Waals surface area contributed by atoms with Crippen LogP contribution < -0.4 is 5.32 Å². The molecular formula is C21H32N4O. The molecule has 1 aromatic carbocycles. The molecule has 5 nitrogen and oxygen atoms in total. The topological polar surface area (TPSA) is 47.9 Å². The van der Waals surface area contributed by atoms with Crippen LogP contribution >= 0.6 is 0 Å². The quantitative estimate of drug-likeness (QED) is 0.484. The van der Waals surface area contributed by atoms with E-state index < -0.39 is 0 Å². The van der Waals surface area contributed by atoms with Gasteiger partial charge in [-0.3, -0.25) is 4.79 Å². The third kappa shape index (κ3) is 5.35. The second kappa shape index (κ2) is 10.00. The predicted molar refractivity (Wildman–Crippen MR) is 108 cm³/mol. The third-order valence-corrected chi connectivity index (χ3v) is 5.05. The minimum absolute atomic E-state index is 0.00844. The Labute approximate surface area is 157 Å². The largest absolute Gasteiger partial charge is 0.353 e. The number of nitrogens with zero attached hydrogens (tertiary/aromatic N) is 3. The molecule has 1 saturated heterocycles. The highest BCUT2D eigenvalue weighted by Gasteiger charge is 2.30. The molecule has 5 heteroatoms. The van der Waals surface area contributed by atoms with Gasteiger partial charge in [0.2, 0.25) is 5.91 Å². The first kappa shape index (κ1) is 20.0. The zero-order chi connectivity index (χ0) is 18.9. The van der Waals surface area contributed by atoms with Gasteiger partial charge >= 0.3 is 0 Å². The number of guanidine groups is 1. The molecule has 1 aromatic rings. The zero-order valence-electron chi connectivity index (χ0n) is 16.3. The lowest BCUT2D eigenvalue weighted by Crippen LogP contribution is -2.48. The molecule has 0 radical (unpaired) electrons. The van der Waals surface area contributed by atoms with Crippen molar-refractivity contribution >= 4 is 11.9 Å². The molecule has 142 valence electrons. The van der Waals surface area contributed by atoms with E-state index >= 15 is 0 Å². The van der Waals surface area contributed by atoms with Crippen LogP contribution in [0, 0.1) is 5.92 Å². The summed E-state index contributed by atoms with van der Waals surface area (Å²) in [7, 11) is 3.51. The van der Waals surface area contributed by atoms with Crippen molar-refractivity contribution in [3.63, 3.8) is 0 Å². The van der Waals surface area contributed by atoms with Gasteiger partial charge in [-0.1, -0.05) is 49.8 Å². The summed E-state index contributed by atoms with van der Waals surface area (Å²) in [5.74, 6) is 1.98. The van der Waals surface area contributed by atoms with Gasteiger partial charge in [0.15, 0.2) is 5.96 Å². The summed E-state index contributed by atoms with van der Waals surface area (Å²) < 4.78 is 0. The lowest BCUT2D eigenvalue weighted by molar-refractivity contribution is -0.127. The second-order valence-corrected chi connectivity index (χ2v) is 7.02. The number of carbonyl (C=O) groups excluding carboxylic acids is 1. The number of likely N-dealkylation sites (tertiary alicyclic amines) is 1. The molecule has 1 aliphatic rings. The molecule has 1 amide bonds. The Morgan fingerprint density at radius 3 is 2.73 bits per heavy atom. The summed E-state index contributed by atoms with van der Waals surface area (Å²) in [6.07, 6.45) is 4.04. The average Bonchev–Trinajstić information content (AvgIpc) is 2.68. The van der Waals surface area contributed by atoms with Crippen LogP contribution in [0.5, 0.6) is 0 Å². The van der Waals surface area contributed by atoms with E-state index in [9.17, 15) is 4.79 Å². The van der Waals surface area contributed by atoms with Crippen molar-refractivity contribution in [2.75, 3.05) is 40.3 Å². The molecule has 1 N–H and O–H groups in total. The molecule has 2 unspecified atom stereocenters. The molecule has 1 heterocycles. The third-order valence-electron chi connectivity index (χ3n) is 5.05. The lowest BCUT2D eigenvalue weighted by atomic mass is 9.79. The molecule has 26 heavy (non-hydrogen) atoms. The number of rotatable bonds is 6. The van der Waals surface area contributed by atoms with Gasteiger partial charge in [0.05, 0.1) is 0 Å². The fourth-order valence-corrected chi connectivity index (χ4v) is 3.49. The minimum Gasteiger partial charge on any atom is -0.353 e. The van der Waals surface area contributed by atoms with Crippen molar-refractivity contribution in [3.05, 3.63) is 48.6 Å². The number of aliphatic imine (C=N–C) groups is 1. The summed E-state index contributed by atoms with van der Waals surface area (Å²) >= 11 is 0. The number of hydrogen-bond donors (Lipinski definition) is 1. The van der Waals surface area contributed by atoms with Crippen LogP contribution in [0.1, 0.15) is 31.2 Å². The highest BCUT2D eigenvalue weighted by Crippen LogP contribution is 2.34. The van der Waals surface area contributed by atoms with E-state index in [1.54, 1.807) is 19.0 Å². The number of hydrogen-bond acceptors (Lipinski definition) is 2. The van der Waals surface area contributed by atoms with Crippen molar-refractivity contribution in [2.24, 2.45) is 10.9 Å². The van der Waals surface area contributed by atoms with Crippen molar-refractivity contribution < 1.29 is 4.79 Å². The van der Waals surface area contributed by atoms with E-state index in [1.165, 1.54) is 5.56 Å². The van der Waals surface area contributed by atoms with Gasteiger partial charge in [-0.2, -0.15) is 0 Å². The van der Waals surface area contributed by atoms with Crippen molar-refractivity contribution in [3.8, 4) is 0 Å². The Morgan fingerprint density at radius 1 is 1.38 bits per heavy atom. The molecule has 1 fully saturated rings. The van der Waals surface area contributed by atoms with Crippen LogP contribution in [-0.4, -0.2) is 61.9 Å². The van der Waals surface area contributed by atoms with Crippen molar-refractivity contribution in [1.82, 2.24) is 15.1 Å². The van der Waals surface area contributed by atoms with Gasteiger partial charge in [-0.05, 0) is 23.8 Å². The molecule has 0 bridgehead atoms. The van der Waals surface area contributed by atoms with Gasteiger partial charge < -0.3 is 15.1 Å². The summed E-state index contributed by atoms with van der Waals surface area (Å²) in [5.41, 5.74) is 1.43. The van der Waals surface area contributed by atoms with Crippen LogP contribution in [0.3, 0.4) is 0 Å². The Balaban J connectivity index is 2.10. The number of carbonyl (C=O) groups is 1. The monoisotopic (exact) mass is 356 g/mol. The van der Waals surface area contributed by atoms with E-state index in [0.717, 1.165) is 31.9 Å². The lowest BCUT2D eigenvalue weighted by Gasteiger charge is -2.40. The van der Waals surface area contributed by atoms with E-state index in [0.29, 0.717) is 18.4 Å². The van der Waals surface area contributed by atoms with Crippen molar-refractivity contribution in [2.45, 2.75) is 25.7 Å². The van der Waals surface area contributed by atoms with E-state index in [4.69, 9.17) is 0 Å². The van der Waals surface area contributed by atoms with Crippen LogP contribution in [-0.2, 0) is 4.79 Å². The van der Waals surface area contributed by atoms with E-state index in [-0.39, 0.29) is 12.5 Å². The molecule has 0 spiro atoms. The fraction of sp³-hybridized carbons (Fsp3) is 0.524. The SMILES string of the molecule is C=CCNC(=NCC(=O)N(C)C)N1CCC(c2ccccc2)C(CC)C1. The average molecular weight is 357 g/mol. The number of amides is 1. The Hall–Kier alpha value is -2.30. The molecule has 2 rings (SSSR count). The summed E-state index contributed by atoms with van der Waals surface area (Å²) in [6.45, 7) is 8.74. The first-order valence-corrected chi connectivity index (χ1v) is 9.46. The van der Waals surface area contributed by atoms with E-state index in [2.05, 4.69) is 59.0 Å². The van der Waals surface area contributed by atoms with Crippen LogP contribution in [0.2, 0.25) is 0 Å². The highest BCUT2D eigenvalue weighted by molar-refractivity contribution is 5.85. The molecule has 2 atom stereocenters. The first-order chi connectivity index (χ1) is 12.6. The Bertz CT molecular complexity index is 612. The summed E-state index contributed by atoms with van der Waals surface area (Å²) in [4.78, 5) is 20.3. The molecule has 0 saturated carbocycles. The van der Waals surface area contributed by atoms with Gasteiger partial charge in [0, 0.05) is 33.7 Å². The smallest absolute Gasteiger partial charge is 0.243 e. The number of likely N-dealkylation sites (N-methyl/N-ethyl adjacent to an activating group) is 1. The summed E-state index contributed by atoms with van der Waals surface area (Å²) in [5, 5.41) is 3.32. The predicted octanol–water partition coefficient (Wildman–Crippen LogP) is 2.72. The normalized spacial score (nSPS) is 20.6. The van der Waals surface area contributed by atoms with Crippen LogP contribution in [0.4, 0.5) is 0 Å². The standard InChI is InChI=1S/C21H32N4O/c1-5-13-22-21(23-15-20(26)24(3)4)25-14-12-19(17(6-2)16-25)18-10-8-7-9-11-18/h5,7-11,17,19H,1,6,12-16H2,2-4H3,(H,22,23). The maximum Gasteiger partial charge on any atom is 0.243 e. The Kier molecular flexibility index (Phi) is 7.70. The molecular weight excluding hydrogens is 324 g/mol. The molecule has 0 aromatic heterocycles. The van der Waals surface area contributed by atoms with E-state index in [1.807, 2.05) is 6.08 Å². The highest BCUT2D eigenvalue weighted by atomic mass is 16.2. The summed E-state index contributed by atoms with van der Waals surface area (Å²) in [6, 6.07) is 10.8. The number of piperidine rings is 1. The second-order valence-electron chi connectivity index (χ2n) is 7.02. The van der Waals surface area contributed by atoms with Gasteiger partial charge in [-0.25, -0.2) is 4.99 Å². The number of nitrogens with one attached hydrogen (secondary N) is 1. The van der Waals surface area contributed by atoms with Gasteiger partial charge in [0.1, 0.15) is 6.54 Å². The maximum absolute atomic E-state index is 11.9. The molecule has 1 aliphatic heterocycles. The van der Waals surface area contributed by atoms with Crippen molar-refractivity contribution in [1.29, 1.82) is 0 Å². The maximum atomic E-state index is 11.9. The Morgan fingerprint density at radius 2 is 2.12 bits per heavy atom. The minimum atomic E-state index is 0.00844. The molecule has 0 aliphatic carbocycles. The van der Waals surface area contributed by atoms with Gasteiger partial charge in [-0.15, -0.1) is 6.58 Å². The fourth-order valence-electron chi connectivity index (χ4n) is 3.49.